The van der Waals surface area contributed by atoms with Crippen LogP contribution in [0.1, 0.15) is 33.4 Å². The standard InChI is InChI=1S/C17H31N5O5S2.HI/c1-5-18-16(19-7-13-28(23,24)17(2,3)4)21-8-10-22(11-9-21)29(25,26)14-15-6-12-27-20-15;/h6,12H,5,7-11,13-14H2,1-4H3,(H,18,19);1H. The minimum atomic E-state index is -3.48. The molecule has 1 fully saturated rings. The minimum absolute atomic E-state index is 0. The monoisotopic (exact) mass is 577 g/mol. The molecule has 0 aliphatic carbocycles. The van der Waals surface area contributed by atoms with Crippen molar-refractivity contribution in [3.63, 3.8) is 0 Å². The van der Waals surface area contributed by atoms with Gasteiger partial charge < -0.3 is 14.7 Å². The van der Waals surface area contributed by atoms with Crippen LogP contribution >= 0.6 is 24.0 Å². The van der Waals surface area contributed by atoms with Gasteiger partial charge in [0.25, 0.3) is 0 Å². The van der Waals surface area contributed by atoms with E-state index in [0.717, 1.165) is 0 Å². The lowest BCUT2D eigenvalue weighted by Crippen LogP contribution is -2.54. The van der Waals surface area contributed by atoms with Crippen molar-refractivity contribution in [1.29, 1.82) is 0 Å². The van der Waals surface area contributed by atoms with Gasteiger partial charge in [0.05, 0.1) is 22.7 Å². The summed E-state index contributed by atoms with van der Waals surface area (Å²) in [5, 5.41) is 6.82. The molecule has 2 heterocycles. The first-order valence-corrected chi connectivity index (χ1v) is 12.8. The number of hydrogen-bond acceptors (Lipinski definition) is 7. The Morgan fingerprint density at radius 2 is 1.83 bits per heavy atom. The van der Waals surface area contributed by atoms with E-state index in [1.807, 2.05) is 11.8 Å². The summed E-state index contributed by atoms with van der Waals surface area (Å²) in [4.78, 5) is 6.40. The Bertz CT molecular complexity index is 887. The topological polar surface area (TPSA) is 125 Å². The Kier molecular flexibility index (Phi) is 10.0. The van der Waals surface area contributed by atoms with Gasteiger partial charge in [0.1, 0.15) is 12.0 Å². The van der Waals surface area contributed by atoms with Crippen LogP contribution in [-0.4, -0.2) is 86.9 Å². The van der Waals surface area contributed by atoms with Crippen LogP contribution in [0.25, 0.3) is 0 Å². The number of rotatable bonds is 7. The first-order chi connectivity index (χ1) is 13.5. The number of halogens is 1. The molecule has 0 spiro atoms. The highest BCUT2D eigenvalue weighted by atomic mass is 127. The van der Waals surface area contributed by atoms with Crippen LogP contribution in [0.3, 0.4) is 0 Å². The second-order valence-electron chi connectivity index (χ2n) is 7.80. The normalized spacial score (nSPS) is 16.9. The van der Waals surface area contributed by atoms with Gasteiger partial charge in [-0.05, 0) is 27.7 Å². The highest BCUT2D eigenvalue weighted by Crippen LogP contribution is 2.16. The summed E-state index contributed by atoms with van der Waals surface area (Å²) < 4.78 is 54.9. The highest BCUT2D eigenvalue weighted by Gasteiger charge is 2.30. The Labute approximate surface area is 196 Å². The van der Waals surface area contributed by atoms with Crippen molar-refractivity contribution in [1.82, 2.24) is 19.7 Å². The Morgan fingerprint density at radius 3 is 2.33 bits per heavy atom. The number of sulfone groups is 1. The molecule has 0 aromatic carbocycles. The number of nitrogens with zero attached hydrogens (tertiary/aromatic N) is 4. The number of aliphatic imine (C=N–C) groups is 1. The summed E-state index contributed by atoms with van der Waals surface area (Å²) in [6, 6.07) is 1.54. The van der Waals surface area contributed by atoms with Crippen molar-refractivity contribution in [2.45, 2.75) is 38.2 Å². The van der Waals surface area contributed by atoms with E-state index in [0.29, 0.717) is 44.4 Å². The zero-order valence-electron chi connectivity index (χ0n) is 17.9. The van der Waals surface area contributed by atoms with Crippen LogP contribution in [0.15, 0.2) is 21.8 Å². The molecule has 0 saturated carbocycles. The van der Waals surface area contributed by atoms with Crippen molar-refractivity contribution in [3.8, 4) is 0 Å². The largest absolute Gasteiger partial charge is 0.364 e. The SMILES string of the molecule is CCNC(=NCCS(=O)(=O)C(C)(C)C)N1CCN(S(=O)(=O)Cc2ccon2)CC1.I. The third-order valence-corrected chi connectivity index (χ3v) is 9.04. The fourth-order valence-electron chi connectivity index (χ4n) is 2.77. The molecular formula is C17H32IN5O5S2. The molecule has 0 bridgehead atoms. The summed E-state index contributed by atoms with van der Waals surface area (Å²) >= 11 is 0. The third-order valence-electron chi connectivity index (χ3n) is 4.64. The quantitative estimate of drug-likeness (QED) is 0.288. The van der Waals surface area contributed by atoms with Crippen LogP contribution in [0.2, 0.25) is 0 Å². The van der Waals surface area contributed by atoms with E-state index in [-0.39, 0.29) is 42.0 Å². The number of sulfonamides is 1. The predicted molar refractivity (Wildman–Crippen MR) is 127 cm³/mol. The lowest BCUT2D eigenvalue weighted by atomic mass is 10.3. The molecule has 13 heteroatoms. The predicted octanol–water partition coefficient (Wildman–Crippen LogP) is 0.919. The molecule has 1 saturated heterocycles. The number of nitrogens with one attached hydrogen (secondary N) is 1. The maximum Gasteiger partial charge on any atom is 0.220 e. The molecule has 30 heavy (non-hydrogen) atoms. The van der Waals surface area contributed by atoms with Gasteiger partial charge in [0.2, 0.25) is 10.0 Å². The minimum Gasteiger partial charge on any atom is -0.364 e. The van der Waals surface area contributed by atoms with Gasteiger partial charge in [0.15, 0.2) is 15.8 Å². The van der Waals surface area contributed by atoms with E-state index in [1.165, 1.54) is 16.6 Å². The van der Waals surface area contributed by atoms with Crippen molar-refractivity contribution in [2.24, 2.45) is 4.99 Å². The second kappa shape index (κ2) is 11.1. The maximum atomic E-state index is 12.5. The van der Waals surface area contributed by atoms with Gasteiger partial charge in [-0.15, -0.1) is 24.0 Å². The number of guanidine groups is 1. The van der Waals surface area contributed by atoms with Gasteiger partial charge in [-0.1, -0.05) is 5.16 Å². The first kappa shape index (κ1) is 27.1. The maximum absolute atomic E-state index is 12.5. The fraction of sp³-hybridized carbons (Fsp3) is 0.765. The van der Waals surface area contributed by atoms with E-state index in [4.69, 9.17) is 4.52 Å². The molecule has 1 N–H and O–H groups in total. The summed E-state index contributed by atoms with van der Waals surface area (Å²) in [5.41, 5.74) is 0.377. The molecule has 2 rings (SSSR count). The third kappa shape index (κ3) is 7.34. The smallest absolute Gasteiger partial charge is 0.220 e. The number of piperazine rings is 1. The second-order valence-corrected chi connectivity index (χ2v) is 12.6. The van der Waals surface area contributed by atoms with E-state index in [1.54, 1.807) is 20.8 Å². The number of aromatic nitrogens is 1. The molecule has 1 aromatic heterocycles. The van der Waals surface area contributed by atoms with E-state index < -0.39 is 24.6 Å². The number of hydrogen-bond donors (Lipinski definition) is 1. The lowest BCUT2D eigenvalue weighted by Gasteiger charge is -2.35. The van der Waals surface area contributed by atoms with Crippen molar-refractivity contribution in [3.05, 3.63) is 18.0 Å². The first-order valence-electron chi connectivity index (χ1n) is 9.59. The molecular weight excluding hydrogens is 545 g/mol. The Balaban J connectivity index is 0.00000450. The summed E-state index contributed by atoms with van der Waals surface area (Å²) in [7, 11) is -6.72. The van der Waals surface area contributed by atoms with Crippen molar-refractivity contribution < 1.29 is 21.4 Å². The summed E-state index contributed by atoms with van der Waals surface area (Å²) in [6.45, 7) is 9.34. The molecule has 0 atom stereocenters. The van der Waals surface area contributed by atoms with Gasteiger partial charge in [-0.2, -0.15) is 4.31 Å². The molecule has 10 nitrogen and oxygen atoms in total. The van der Waals surface area contributed by atoms with E-state index >= 15 is 0 Å². The van der Waals surface area contributed by atoms with Crippen LogP contribution in [0.5, 0.6) is 0 Å². The summed E-state index contributed by atoms with van der Waals surface area (Å²) in [5.74, 6) is 0.380. The molecule has 0 radical (unpaired) electrons. The van der Waals surface area contributed by atoms with Crippen molar-refractivity contribution in [2.75, 3.05) is 45.0 Å². The van der Waals surface area contributed by atoms with Gasteiger partial charge in [-0.25, -0.2) is 16.8 Å². The van der Waals surface area contributed by atoms with Crippen LogP contribution in [0, 0.1) is 0 Å². The molecule has 1 aromatic rings. The molecule has 1 aliphatic rings. The summed E-state index contributed by atoms with van der Waals surface area (Å²) in [6.07, 6.45) is 1.35. The molecule has 0 amide bonds. The highest BCUT2D eigenvalue weighted by molar-refractivity contribution is 14.0. The van der Waals surface area contributed by atoms with Crippen molar-refractivity contribution >= 4 is 49.8 Å². The lowest BCUT2D eigenvalue weighted by molar-refractivity contribution is 0.260. The fourth-order valence-corrected chi connectivity index (χ4v) is 5.14. The van der Waals surface area contributed by atoms with E-state index in [2.05, 4.69) is 15.5 Å². The van der Waals surface area contributed by atoms with Crippen LogP contribution in [-0.2, 0) is 25.6 Å². The zero-order valence-corrected chi connectivity index (χ0v) is 21.8. The van der Waals surface area contributed by atoms with Crippen LogP contribution < -0.4 is 5.32 Å². The molecule has 0 unspecified atom stereocenters. The van der Waals surface area contributed by atoms with Gasteiger partial charge >= 0.3 is 0 Å². The van der Waals surface area contributed by atoms with Gasteiger partial charge in [0, 0.05) is 38.8 Å². The van der Waals surface area contributed by atoms with Gasteiger partial charge in [-0.3, -0.25) is 4.99 Å². The average Bonchev–Trinajstić information content (AvgIpc) is 3.12. The zero-order chi connectivity index (χ0) is 21.7. The molecule has 174 valence electrons. The Hall–Kier alpha value is -0.930. The average molecular weight is 578 g/mol. The molecule has 1 aliphatic heterocycles. The Morgan fingerprint density at radius 1 is 1.20 bits per heavy atom. The van der Waals surface area contributed by atoms with Crippen LogP contribution in [0.4, 0.5) is 0 Å². The van der Waals surface area contributed by atoms with E-state index in [9.17, 15) is 16.8 Å².